The van der Waals surface area contributed by atoms with Crippen molar-refractivity contribution in [1.82, 2.24) is 5.32 Å². The summed E-state index contributed by atoms with van der Waals surface area (Å²) in [4.78, 5) is 35.2. The predicted molar refractivity (Wildman–Crippen MR) is 85.7 cm³/mol. The van der Waals surface area contributed by atoms with Gasteiger partial charge in [0.25, 0.3) is 0 Å². The van der Waals surface area contributed by atoms with Crippen LogP contribution in [0.1, 0.15) is 42.6 Å². The average molecular weight is 321 g/mol. The number of carbonyl (C=O) groups excluding carboxylic acids is 2. The molecule has 126 valence electrons. The number of aliphatic carboxylic acids is 1. The number of ketones is 1. The van der Waals surface area contributed by atoms with Gasteiger partial charge in [-0.3, -0.25) is 9.59 Å². The molecule has 0 aliphatic rings. The molecular formula is C17H23NO5. The Hall–Kier alpha value is -2.37. The number of carboxylic acid groups (broad SMARTS) is 1. The Labute approximate surface area is 135 Å². The molecule has 6 nitrogen and oxygen atoms in total. The number of hydrogen-bond donors (Lipinski definition) is 2. The molecule has 0 radical (unpaired) electrons. The second-order valence-corrected chi connectivity index (χ2v) is 5.75. The van der Waals surface area contributed by atoms with Crippen LogP contribution in [0.3, 0.4) is 0 Å². The molecule has 0 fully saturated rings. The maximum absolute atomic E-state index is 12.3. The van der Waals surface area contributed by atoms with Crippen molar-refractivity contribution >= 4 is 17.7 Å². The third kappa shape index (κ3) is 5.39. The quantitative estimate of drug-likeness (QED) is 0.716. The monoisotopic (exact) mass is 321 g/mol. The lowest BCUT2D eigenvalue weighted by Gasteiger charge is -2.17. The summed E-state index contributed by atoms with van der Waals surface area (Å²) in [6.07, 6.45) is -0.0670. The summed E-state index contributed by atoms with van der Waals surface area (Å²) in [7, 11) is 1.48. The standard InChI is InChI=1S/C17H23NO5/c1-10(2)16(17(21)22)18-15(20)8-6-13(19)12-9-11(3)5-7-14(12)23-4/h5,7,9-10,16H,6,8H2,1-4H3,(H,18,20)(H,21,22). The van der Waals surface area contributed by atoms with Gasteiger partial charge < -0.3 is 15.2 Å². The SMILES string of the molecule is COc1ccc(C)cc1C(=O)CCC(=O)NC(C(=O)O)C(C)C. The van der Waals surface area contributed by atoms with Crippen LogP contribution in [-0.4, -0.2) is 35.9 Å². The first-order valence-electron chi connectivity index (χ1n) is 7.46. The zero-order valence-electron chi connectivity index (χ0n) is 13.9. The third-order valence-corrected chi connectivity index (χ3v) is 3.48. The Morgan fingerprint density at radius 2 is 1.87 bits per heavy atom. The van der Waals surface area contributed by atoms with Gasteiger partial charge in [0.15, 0.2) is 5.78 Å². The van der Waals surface area contributed by atoms with Gasteiger partial charge in [-0.1, -0.05) is 25.5 Å². The van der Waals surface area contributed by atoms with E-state index in [9.17, 15) is 14.4 Å². The van der Waals surface area contributed by atoms with E-state index in [4.69, 9.17) is 9.84 Å². The third-order valence-electron chi connectivity index (χ3n) is 3.48. The minimum absolute atomic E-state index is 0.00389. The molecule has 0 heterocycles. The normalized spacial score (nSPS) is 11.9. The highest BCUT2D eigenvalue weighted by molar-refractivity contribution is 6.00. The van der Waals surface area contributed by atoms with E-state index in [-0.39, 0.29) is 24.5 Å². The van der Waals surface area contributed by atoms with Crippen LogP contribution in [0.25, 0.3) is 0 Å². The van der Waals surface area contributed by atoms with Gasteiger partial charge in [-0.2, -0.15) is 0 Å². The average Bonchev–Trinajstić information content (AvgIpc) is 2.49. The first-order valence-corrected chi connectivity index (χ1v) is 7.46. The molecule has 1 aromatic carbocycles. The number of carboxylic acids is 1. The van der Waals surface area contributed by atoms with Gasteiger partial charge in [-0.05, 0) is 25.0 Å². The number of benzene rings is 1. The minimum atomic E-state index is -1.08. The molecule has 2 N–H and O–H groups in total. The van der Waals surface area contributed by atoms with Crippen molar-refractivity contribution in [3.63, 3.8) is 0 Å². The maximum atomic E-state index is 12.3. The fourth-order valence-electron chi connectivity index (χ4n) is 2.16. The molecule has 1 rings (SSSR count). The number of amides is 1. The van der Waals surface area contributed by atoms with Gasteiger partial charge in [0.1, 0.15) is 11.8 Å². The molecule has 1 aromatic rings. The van der Waals surface area contributed by atoms with Gasteiger partial charge >= 0.3 is 5.97 Å². The lowest BCUT2D eigenvalue weighted by atomic mass is 10.0. The summed E-state index contributed by atoms with van der Waals surface area (Å²) in [6, 6.07) is 4.31. The maximum Gasteiger partial charge on any atom is 0.326 e. The number of carbonyl (C=O) groups is 3. The lowest BCUT2D eigenvalue weighted by molar-refractivity contribution is -0.143. The van der Waals surface area contributed by atoms with Crippen LogP contribution in [-0.2, 0) is 9.59 Å². The number of aryl methyl sites for hydroxylation is 1. The van der Waals surface area contributed by atoms with E-state index in [2.05, 4.69) is 5.32 Å². The Morgan fingerprint density at radius 3 is 2.39 bits per heavy atom. The molecule has 0 spiro atoms. The molecule has 23 heavy (non-hydrogen) atoms. The summed E-state index contributed by atoms with van der Waals surface area (Å²) in [6.45, 7) is 5.28. The van der Waals surface area contributed by atoms with E-state index in [1.165, 1.54) is 7.11 Å². The molecule has 6 heteroatoms. The van der Waals surface area contributed by atoms with Crippen molar-refractivity contribution in [1.29, 1.82) is 0 Å². The van der Waals surface area contributed by atoms with E-state index < -0.39 is 17.9 Å². The molecule has 1 atom stereocenters. The Balaban J connectivity index is 2.67. The topological polar surface area (TPSA) is 92.7 Å². The van der Waals surface area contributed by atoms with Crippen molar-refractivity contribution in [2.75, 3.05) is 7.11 Å². The molecular weight excluding hydrogens is 298 g/mol. The Morgan fingerprint density at radius 1 is 1.22 bits per heavy atom. The van der Waals surface area contributed by atoms with E-state index in [0.29, 0.717) is 11.3 Å². The van der Waals surface area contributed by atoms with Crippen LogP contribution in [0.2, 0.25) is 0 Å². The Kier molecular flexibility index (Phi) is 6.75. The molecule has 0 bridgehead atoms. The van der Waals surface area contributed by atoms with Crippen molar-refractivity contribution in [3.8, 4) is 5.75 Å². The lowest BCUT2D eigenvalue weighted by Crippen LogP contribution is -2.44. The highest BCUT2D eigenvalue weighted by atomic mass is 16.5. The summed E-state index contributed by atoms with van der Waals surface area (Å²) in [5.41, 5.74) is 1.35. The molecule has 1 unspecified atom stereocenters. The number of methoxy groups -OCH3 is 1. The predicted octanol–water partition coefficient (Wildman–Crippen LogP) is 2.19. The van der Waals surface area contributed by atoms with E-state index in [1.54, 1.807) is 26.0 Å². The van der Waals surface area contributed by atoms with Crippen molar-refractivity contribution < 1.29 is 24.2 Å². The van der Waals surface area contributed by atoms with Crippen LogP contribution in [0.4, 0.5) is 0 Å². The number of ether oxygens (including phenoxy) is 1. The molecule has 0 aliphatic heterocycles. The van der Waals surface area contributed by atoms with Crippen LogP contribution in [0.5, 0.6) is 5.75 Å². The molecule has 0 aliphatic carbocycles. The second kappa shape index (κ2) is 8.31. The van der Waals surface area contributed by atoms with E-state index in [1.807, 2.05) is 13.0 Å². The van der Waals surface area contributed by atoms with Gasteiger partial charge in [-0.15, -0.1) is 0 Å². The molecule has 0 aromatic heterocycles. The number of nitrogens with one attached hydrogen (secondary N) is 1. The first-order chi connectivity index (χ1) is 10.8. The van der Waals surface area contributed by atoms with Gasteiger partial charge in [0.05, 0.1) is 12.7 Å². The summed E-state index contributed by atoms with van der Waals surface area (Å²) >= 11 is 0. The fraction of sp³-hybridized carbons (Fsp3) is 0.471. The highest BCUT2D eigenvalue weighted by Crippen LogP contribution is 2.21. The number of Topliss-reactive ketones (excluding diaryl/α,β-unsaturated/α-hetero) is 1. The van der Waals surface area contributed by atoms with Crippen molar-refractivity contribution in [2.45, 2.75) is 39.7 Å². The van der Waals surface area contributed by atoms with Crippen molar-refractivity contribution in [3.05, 3.63) is 29.3 Å². The fourth-order valence-corrected chi connectivity index (χ4v) is 2.16. The van der Waals surface area contributed by atoms with Crippen LogP contribution in [0.15, 0.2) is 18.2 Å². The van der Waals surface area contributed by atoms with Crippen LogP contribution < -0.4 is 10.1 Å². The van der Waals surface area contributed by atoms with Gasteiger partial charge in [-0.25, -0.2) is 4.79 Å². The molecule has 1 amide bonds. The highest BCUT2D eigenvalue weighted by Gasteiger charge is 2.23. The minimum Gasteiger partial charge on any atom is -0.496 e. The summed E-state index contributed by atoms with van der Waals surface area (Å²) < 4.78 is 5.16. The summed E-state index contributed by atoms with van der Waals surface area (Å²) in [5, 5.41) is 11.5. The Bertz CT molecular complexity index is 595. The first kappa shape index (κ1) is 18.7. The largest absolute Gasteiger partial charge is 0.496 e. The number of rotatable bonds is 8. The molecule has 0 saturated heterocycles. The van der Waals surface area contributed by atoms with Crippen LogP contribution >= 0.6 is 0 Å². The van der Waals surface area contributed by atoms with Crippen molar-refractivity contribution in [2.24, 2.45) is 5.92 Å². The van der Waals surface area contributed by atoms with Gasteiger partial charge in [0, 0.05) is 12.8 Å². The summed E-state index contributed by atoms with van der Waals surface area (Å²) in [5.74, 6) is -1.51. The molecule has 0 saturated carbocycles. The van der Waals surface area contributed by atoms with E-state index in [0.717, 1.165) is 5.56 Å². The van der Waals surface area contributed by atoms with Crippen LogP contribution in [0, 0.1) is 12.8 Å². The second-order valence-electron chi connectivity index (χ2n) is 5.75. The smallest absolute Gasteiger partial charge is 0.326 e. The number of hydrogen-bond acceptors (Lipinski definition) is 4. The van der Waals surface area contributed by atoms with E-state index >= 15 is 0 Å². The zero-order chi connectivity index (χ0) is 17.6. The zero-order valence-corrected chi connectivity index (χ0v) is 13.9. The van der Waals surface area contributed by atoms with Gasteiger partial charge in [0.2, 0.25) is 5.91 Å².